The monoisotopic (exact) mass is 659 g/mol. The molecule has 7 atom stereocenters. The van der Waals surface area contributed by atoms with Crippen molar-refractivity contribution in [2.24, 2.45) is 29.6 Å². The molecule has 12 heteroatoms. The summed E-state index contributed by atoms with van der Waals surface area (Å²) >= 11 is 9.39. The van der Waals surface area contributed by atoms with E-state index in [4.69, 9.17) is 16.3 Å². The van der Waals surface area contributed by atoms with Gasteiger partial charge in [-0.2, -0.15) is 0 Å². The summed E-state index contributed by atoms with van der Waals surface area (Å²) < 4.78 is 6.44. The van der Waals surface area contributed by atoms with E-state index in [1.165, 1.54) is 40.5 Å². The standard InChI is InChI=1S/C33H26ClN3O6S2/c1-15-3-2-4-16(11-15)14-43-23-10-5-17(34)12-20(23)24-25-21-13-22(28(25)44-30-29(24)45-33(40)35-30)27-26(21)31(38)36(32(27)39)18-6-8-19(9-7-18)37(41)42/h2-12,21-22,24-28H,13-14H2,1H3,(H,35,40)/t21-,22-,24?,25?,26?,27?,28?/m1/s1. The lowest BCUT2D eigenvalue weighted by Crippen LogP contribution is -2.42. The Morgan fingerprint density at radius 2 is 1.78 bits per heavy atom. The van der Waals surface area contributed by atoms with Crippen molar-refractivity contribution in [2.75, 3.05) is 4.90 Å². The van der Waals surface area contributed by atoms with Gasteiger partial charge in [0.05, 0.1) is 27.5 Å². The Morgan fingerprint density at radius 1 is 1.02 bits per heavy atom. The number of thiazole rings is 1. The van der Waals surface area contributed by atoms with Crippen LogP contribution >= 0.6 is 34.7 Å². The first kappa shape index (κ1) is 28.5. The number of benzene rings is 3. The zero-order chi connectivity index (χ0) is 31.1. The maximum absolute atomic E-state index is 14.0. The Labute approximate surface area is 270 Å². The Bertz CT molecular complexity index is 1960. The highest BCUT2D eigenvalue weighted by molar-refractivity contribution is 8.00. The molecule has 4 aromatic rings. The average molecular weight is 660 g/mol. The molecule has 3 fully saturated rings. The van der Waals surface area contributed by atoms with Crippen molar-refractivity contribution in [2.45, 2.75) is 36.1 Å². The minimum atomic E-state index is -0.508. The molecule has 1 N–H and O–H groups in total. The van der Waals surface area contributed by atoms with Gasteiger partial charge in [0.1, 0.15) is 12.4 Å². The largest absolute Gasteiger partial charge is 0.489 e. The van der Waals surface area contributed by atoms with E-state index in [0.29, 0.717) is 23.1 Å². The predicted octanol–water partition coefficient (Wildman–Crippen LogP) is 6.56. The number of nitro benzene ring substituents is 1. The highest BCUT2D eigenvalue weighted by Crippen LogP contribution is 2.69. The highest BCUT2D eigenvalue weighted by Gasteiger charge is 2.69. The van der Waals surface area contributed by atoms with Crippen molar-refractivity contribution in [1.82, 2.24) is 4.98 Å². The number of hydrogen-bond donors (Lipinski definition) is 1. The normalized spacial score (nSPS) is 27.8. The number of halogens is 1. The number of non-ortho nitro benzene ring substituents is 1. The molecule has 8 rings (SSSR count). The molecular weight excluding hydrogens is 634 g/mol. The number of H-pyrrole nitrogens is 1. The Balaban J connectivity index is 1.18. The predicted molar refractivity (Wildman–Crippen MR) is 171 cm³/mol. The number of fused-ring (bicyclic) bond motifs is 9. The van der Waals surface area contributed by atoms with E-state index in [9.17, 15) is 24.5 Å². The number of aromatic amines is 1. The maximum Gasteiger partial charge on any atom is 0.305 e. The van der Waals surface area contributed by atoms with E-state index in [0.717, 1.165) is 33.0 Å². The third kappa shape index (κ3) is 4.46. The van der Waals surface area contributed by atoms with E-state index in [-0.39, 0.29) is 51.3 Å². The molecular formula is C33H26ClN3O6S2. The Morgan fingerprint density at radius 3 is 2.51 bits per heavy atom. The molecule has 2 bridgehead atoms. The summed E-state index contributed by atoms with van der Waals surface area (Å²) in [5, 5.41) is 12.5. The molecule has 0 radical (unpaired) electrons. The quantitative estimate of drug-likeness (QED) is 0.141. The van der Waals surface area contributed by atoms with Crippen LogP contribution in [0.3, 0.4) is 0 Å². The van der Waals surface area contributed by atoms with Crippen molar-refractivity contribution < 1.29 is 19.2 Å². The van der Waals surface area contributed by atoms with Crippen LogP contribution < -0.4 is 14.5 Å². The SMILES string of the molecule is Cc1cccc(COc2ccc(Cl)cc2C2c3sc(=O)[nH]c3SC3C2[C@H]2C[C@@H]3C3C(=O)N(c4ccc([N+](=O)[O-])cc4)C(=O)C32)c1. The second-order valence-corrected chi connectivity index (χ2v) is 14.8. The number of nitrogens with one attached hydrogen (secondary N) is 1. The van der Waals surface area contributed by atoms with E-state index in [1.54, 1.807) is 17.8 Å². The van der Waals surface area contributed by atoms with Crippen LogP contribution in [0.1, 0.15) is 33.9 Å². The number of nitrogens with zero attached hydrogens (tertiary/aromatic N) is 2. The van der Waals surface area contributed by atoms with Gasteiger partial charge in [-0.05, 0) is 67.0 Å². The summed E-state index contributed by atoms with van der Waals surface area (Å²) in [4.78, 5) is 56.4. The second-order valence-electron chi connectivity index (χ2n) is 12.2. The van der Waals surface area contributed by atoms with Crippen molar-refractivity contribution in [3.8, 4) is 5.75 Å². The fourth-order valence-corrected chi connectivity index (χ4v) is 11.3. The van der Waals surface area contributed by atoms with Gasteiger partial charge in [-0.15, -0.1) is 11.8 Å². The Kier molecular flexibility index (Phi) is 6.70. The molecule has 2 aliphatic heterocycles. The van der Waals surface area contributed by atoms with Crippen LogP contribution in [0.2, 0.25) is 5.02 Å². The van der Waals surface area contributed by atoms with Gasteiger partial charge < -0.3 is 9.72 Å². The summed E-state index contributed by atoms with van der Waals surface area (Å²) in [6, 6.07) is 19.3. The molecule has 2 amide bonds. The van der Waals surface area contributed by atoms with Crippen molar-refractivity contribution in [1.29, 1.82) is 0 Å². The molecule has 1 saturated heterocycles. The van der Waals surface area contributed by atoms with Crippen LogP contribution in [-0.2, 0) is 16.2 Å². The summed E-state index contributed by atoms with van der Waals surface area (Å²) in [6.45, 7) is 2.39. The van der Waals surface area contributed by atoms with Crippen LogP contribution in [0.15, 0.2) is 76.6 Å². The molecule has 9 nitrogen and oxygen atoms in total. The van der Waals surface area contributed by atoms with Gasteiger partial charge in [0.15, 0.2) is 0 Å². The topological polar surface area (TPSA) is 123 Å². The number of imide groups is 1. The van der Waals surface area contributed by atoms with Crippen LogP contribution in [0.4, 0.5) is 11.4 Å². The van der Waals surface area contributed by atoms with Crippen molar-refractivity contribution >= 4 is 57.9 Å². The maximum atomic E-state index is 14.0. The Hall–Kier alpha value is -3.93. The minimum absolute atomic E-state index is 0.00355. The summed E-state index contributed by atoms with van der Waals surface area (Å²) in [7, 11) is 0. The molecule has 4 aliphatic rings. The van der Waals surface area contributed by atoms with E-state index < -0.39 is 16.8 Å². The number of rotatable bonds is 6. The molecule has 5 unspecified atom stereocenters. The third-order valence-electron chi connectivity index (χ3n) is 9.83. The van der Waals surface area contributed by atoms with Gasteiger partial charge >= 0.3 is 4.87 Å². The molecule has 228 valence electrons. The molecule has 3 aromatic carbocycles. The fourth-order valence-electron chi connectivity index (χ4n) is 8.20. The van der Waals surface area contributed by atoms with E-state index in [1.807, 2.05) is 37.3 Å². The summed E-state index contributed by atoms with van der Waals surface area (Å²) in [5.41, 5.74) is 3.28. The van der Waals surface area contributed by atoms with Gasteiger partial charge in [0, 0.05) is 38.8 Å². The van der Waals surface area contributed by atoms with Crippen LogP contribution in [0.5, 0.6) is 5.75 Å². The summed E-state index contributed by atoms with van der Waals surface area (Å²) in [6.07, 6.45) is 0.735. The first-order chi connectivity index (χ1) is 21.7. The van der Waals surface area contributed by atoms with Crippen LogP contribution in [-0.4, -0.2) is 27.0 Å². The van der Waals surface area contributed by atoms with Gasteiger partial charge in [-0.3, -0.25) is 29.4 Å². The fraction of sp³-hybridized carbons (Fsp3) is 0.303. The minimum Gasteiger partial charge on any atom is -0.489 e. The highest BCUT2D eigenvalue weighted by atomic mass is 35.5. The molecule has 1 aromatic heterocycles. The number of carbonyl (C=O) groups is 2. The number of anilines is 1. The second kappa shape index (κ2) is 10.6. The number of ether oxygens (including phenoxy) is 1. The van der Waals surface area contributed by atoms with E-state index >= 15 is 0 Å². The third-order valence-corrected chi connectivity index (χ3v) is 12.6. The zero-order valence-electron chi connectivity index (χ0n) is 23.8. The van der Waals surface area contributed by atoms with Crippen molar-refractivity contribution in [3.05, 3.63) is 113 Å². The molecule has 45 heavy (non-hydrogen) atoms. The van der Waals surface area contributed by atoms with Gasteiger partial charge in [-0.1, -0.05) is 52.8 Å². The smallest absolute Gasteiger partial charge is 0.305 e. The number of hydrogen-bond acceptors (Lipinski definition) is 8. The van der Waals surface area contributed by atoms with E-state index in [2.05, 4.69) is 11.1 Å². The molecule has 2 aliphatic carbocycles. The molecule has 2 saturated carbocycles. The van der Waals surface area contributed by atoms with Crippen LogP contribution in [0.25, 0.3) is 0 Å². The van der Waals surface area contributed by atoms with Crippen molar-refractivity contribution in [3.63, 3.8) is 0 Å². The lowest BCUT2D eigenvalue weighted by Gasteiger charge is -2.43. The first-order valence-corrected chi connectivity index (χ1v) is 16.8. The lowest BCUT2D eigenvalue weighted by atomic mass is 9.68. The number of aromatic nitrogens is 1. The first-order valence-electron chi connectivity index (χ1n) is 14.7. The molecule has 0 spiro atoms. The lowest BCUT2D eigenvalue weighted by molar-refractivity contribution is -0.384. The number of nitro groups is 1. The van der Waals surface area contributed by atoms with Gasteiger partial charge in [0.2, 0.25) is 11.8 Å². The van der Waals surface area contributed by atoms with Crippen LogP contribution in [0, 0.1) is 46.6 Å². The number of amides is 2. The summed E-state index contributed by atoms with van der Waals surface area (Å²) in [5.74, 6) is -1.28. The average Bonchev–Trinajstić information content (AvgIpc) is 3.75. The van der Waals surface area contributed by atoms with Gasteiger partial charge in [0.25, 0.3) is 5.69 Å². The molecule has 3 heterocycles. The zero-order valence-corrected chi connectivity index (χ0v) is 26.2. The number of thioether (sulfide) groups is 1. The number of carbonyl (C=O) groups excluding carboxylic acids is 2. The van der Waals surface area contributed by atoms with Gasteiger partial charge in [-0.25, -0.2) is 0 Å². The number of aryl methyl sites for hydroxylation is 1.